The molecule has 2 saturated heterocycles. The maximum absolute atomic E-state index is 11.2. The van der Waals surface area contributed by atoms with Crippen molar-refractivity contribution in [3.8, 4) is 0 Å². The molecular formula is C19H37N5O. The largest absolute Gasteiger partial charge is 0.370 e. The Morgan fingerprint density at radius 1 is 1.12 bits per heavy atom. The number of hydrogen-bond acceptors (Lipinski definition) is 3. The van der Waals surface area contributed by atoms with E-state index in [1.165, 1.54) is 58.2 Å². The molecule has 0 aromatic heterocycles. The first kappa shape index (κ1) is 20.0. The third kappa shape index (κ3) is 7.63. The van der Waals surface area contributed by atoms with Gasteiger partial charge in [-0.3, -0.25) is 9.79 Å². The van der Waals surface area contributed by atoms with Gasteiger partial charge in [0.15, 0.2) is 5.96 Å². The van der Waals surface area contributed by atoms with Crippen molar-refractivity contribution in [1.29, 1.82) is 0 Å². The molecule has 0 bridgehead atoms. The lowest BCUT2D eigenvalue weighted by molar-refractivity contribution is -0.119. The molecule has 0 aliphatic carbocycles. The quantitative estimate of drug-likeness (QED) is 0.397. The minimum atomic E-state index is -0.191. The van der Waals surface area contributed by atoms with Crippen molar-refractivity contribution in [2.45, 2.75) is 57.8 Å². The van der Waals surface area contributed by atoms with Gasteiger partial charge >= 0.3 is 0 Å². The Labute approximate surface area is 153 Å². The lowest BCUT2D eigenvalue weighted by atomic mass is 9.95. The standard InChI is InChI=1S/C19H37N5O/c1-21-19(24-14-8-9-17(16-24)15-18(20)25)22-10-4-2-5-11-23-12-6-3-7-13-23/h17H,2-16H2,1H3,(H2,20,25)(H,21,22). The lowest BCUT2D eigenvalue weighted by Crippen LogP contribution is -2.47. The van der Waals surface area contributed by atoms with Crippen molar-refractivity contribution in [1.82, 2.24) is 15.1 Å². The highest BCUT2D eigenvalue weighted by Gasteiger charge is 2.23. The molecule has 0 radical (unpaired) electrons. The summed E-state index contributed by atoms with van der Waals surface area (Å²) in [5.74, 6) is 1.16. The molecule has 6 heteroatoms. The van der Waals surface area contributed by atoms with Gasteiger partial charge in [0.1, 0.15) is 0 Å². The molecule has 0 saturated carbocycles. The van der Waals surface area contributed by atoms with E-state index in [-0.39, 0.29) is 5.91 Å². The fourth-order valence-electron chi connectivity index (χ4n) is 4.06. The summed E-state index contributed by atoms with van der Waals surface area (Å²) in [7, 11) is 1.84. The molecule has 25 heavy (non-hydrogen) atoms. The number of unbranched alkanes of at least 4 members (excludes halogenated alkanes) is 2. The van der Waals surface area contributed by atoms with E-state index in [1.807, 2.05) is 7.05 Å². The molecule has 1 amide bonds. The number of nitrogens with one attached hydrogen (secondary N) is 1. The van der Waals surface area contributed by atoms with Gasteiger partial charge in [-0.15, -0.1) is 0 Å². The van der Waals surface area contributed by atoms with Crippen LogP contribution in [-0.4, -0.2) is 68.0 Å². The van der Waals surface area contributed by atoms with Crippen LogP contribution in [0.2, 0.25) is 0 Å². The predicted molar refractivity (Wildman–Crippen MR) is 104 cm³/mol. The summed E-state index contributed by atoms with van der Waals surface area (Å²) in [5, 5.41) is 3.50. The second kappa shape index (κ2) is 11.3. The molecule has 2 aliphatic rings. The first-order chi connectivity index (χ1) is 12.2. The molecule has 3 N–H and O–H groups in total. The number of likely N-dealkylation sites (tertiary alicyclic amines) is 2. The van der Waals surface area contributed by atoms with Gasteiger partial charge < -0.3 is 20.9 Å². The second-order valence-electron chi connectivity index (χ2n) is 7.56. The van der Waals surface area contributed by atoms with Crippen LogP contribution < -0.4 is 11.1 Å². The molecule has 0 spiro atoms. The van der Waals surface area contributed by atoms with Crippen LogP contribution in [0.5, 0.6) is 0 Å². The van der Waals surface area contributed by atoms with Crippen molar-refractivity contribution in [2.75, 3.05) is 46.3 Å². The average molecular weight is 352 g/mol. The minimum Gasteiger partial charge on any atom is -0.370 e. The van der Waals surface area contributed by atoms with Crippen LogP contribution in [0.4, 0.5) is 0 Å². The van der Waals surface area contributed by atoms with E-state index in [2.05, 4.69) is 20.1 Å². The third-order valence-corrected chi connectivity index (χ3v) is 5.40. The van der Waals surface area contributed by atoms with E-state index in [4.69, 9.17) is 5.73 Å². The number of primary amides is 1. The van der Waals surface area contributed by atoms with Crippen LogP contribution in [0.25, 0.3) is 0 Å². The zero-order valence-corrected chi connectivity index (χ0v) is 16.0. The summed E-state index contributed by atoms with van der Waals surface area (Å²) in [6.07, 6.45) is 10.6. The van der Waals surface area contributed by atoms with E-state index in [1.54, 1.807) is 0 Å². The summed E-state index contributed by atoms with van der Waals surface area (Å²) < 4.78 is 0. The van der Waals surface area contributed by atoms with Crippen LogP contribution >= 0.6 is 0 Å². The smallest absolute Gasteiger partial charge is 0.217 e. The number of rotatable bonds is 8. The zero-order chi connectivity index (χ0) is 17.9. The summed E-state index contributed by atoms with van der Waals surface area (Å²) in [6, 6.07) is 0. The van der Waals surface area contributed by atoms with E-state index >= 15 is 0 Å². The summed E-state index contributed by atoms with van der Waals surface area (Å²) >= 11 is 0. The van der Waals surface area contributed by atoms with Crippen molar-refractivity contribution in [2.24, 2.45) is 16.6 Å². The van der Waals surface area contributed by atoms with Gasteiger partial charge in [-0.05, 0) is 64.1 Å². The molecule has 2 fully saturated rings. The molecular weight excluding hydrogens is 314 g/mol. The molecule has 1 unspecified atom stereocenters. The summed E-state index contributed by atoms with van der Waals surface area (Å²) in [5.41, 5.74) is 5.35. The van der Waals surface area contributed by atoms with Gasteiger partial charge in [0, 0.05) is 33.1 Å². The highest BCUT2D eigenvalue weighted by Crippen LogP contribution is 2.19. The first-order valence-corrected chi connectivity index (χ1v) is 10.2. The molecule has 1 atom stereocenters. The Balaban J connectivity index is 1.58. The van der Waals surface area contributed by atoms with Gasteiger partial charge in [0.2, 0.25) is 5.91 Å². The molecule has 2 heterocycles. The Morgan fingerprint density at radius 2 is 1.92 bits per heavy atom. The van der Waals surface area contributed by atoms with Crippen LogP contribution in [0, 0.1) is 5.92 Å². The van der Waals surface area contributed by atoms with E-state index in [9.17, 15) is 4.79 Å². The Hall–Kier alpha value is -1.30. The number of nitrogens with two attached hydrogens (primary N) is 1. The highest BCUT2D eigenvalue weighted by atomic mass is 16.1. The minimum absolute atomic E-state index is 0.191. The Morgan fingerprint density at radius 3 is 2.64 bits per heavy atom. The van der Waals surface area contributed by atoms with Gasteiger partial charge in [-0.1, -0.05) is 12.8 Å². The number of hydrogen-bond donors (Lipinski definition) is 2. The van der Waals surface area contributed by atoms with Gasteiger partial charge in [-0.25, -0.2) is 0 Å². The highest BCUT2D eigenvalue weighted by molar-refractivity contribution is 5.80. The monoisotopic (exact) mass is 351 g/mol. The second-order valence-corrected chi connectivity index (χ2v) is 7.56. The molecule has 6 nitrogen and oxygen atoms in total. The third-order valence-electron chi connectivity index (χ3n) is 5.40. The molecule has 2 rings (SSSR count). The molecule has 2 aliphatic heterocycles. The number of aliphatic imine (C=N–C) groups is 1. The Bertz CT molecular complexity index is 420. The van der Waals surface area contributed by atoms with Crippen LogP contribution in [0.3, 0.4) is 0 Å². The lowest BCUT2D eigenvalue weighted by Gasteiger charge is -2.34. The van der Waals surface area contributed by atoms with Crippen molar-refractivity contribution in [3.05, 3.63) is 0 Å². The van der Waals surface area contributed by atoms with E-state index in [0.29, 0.717) is 12.3 Å². The summed E-state index contributed by atoms with van der Waals surface area (Å²) in [6.45, 7) is 6.74. The topological polar surface area (TPSA) is 74.0 Å². The predicted octanol–water partition coefficient (Wildman–Crippen LogP) is 1.81. The maximum atomic E-state index is 11.2. The summed E-state index contributed by atoms with van der Waals surface area (Å²) in [4.78, 5) is 20.5. The number of amides is 1. The van der Waals surface area contributed by atoms with Crippen molar-refractivity contribution in [3.63, 3.8) is 0 Å². The van der Waals surface area contributed by atoms with E-state index in [0.717, 1.165) is 38.4 Å². The van der Waals surface area contributed by atoms with E-state index < -0.39 is 0 Å². The normalized spacial score (nSPS) is 22.8. The van der Waals surface area contributed by atoms with Gasteiger partial charge in [0.05, 0.1) is 0 Å². The molecule has 0 aromatic carbocycles. The maximum Gasteiger partial charge on any atom is 0.217 e. The fourth-order valence-corrected chi connectivity index (χ4v) is 4.06. The number of guanidine groups is 1. The average Bonchev–Trinajstić information content (AvgIpc) is 2.62. The van der Waals surface area contributed by atoms with Crippen LogP contribution in [-0.2, 0) is 4.79 Å². The number of nitrogens with zero attached hydrogens (tertiary/aromatic N) is 3. The number of carbonyl (C=O) groups is 1. The number of carbonyl (C=O) groups excluding carboxylic acids is 1. The van der Waals surface area contributed by atoms with Gasteiger partial charge in [0.25, 0.3) is 0 Å². The SMILES string of the molecule is CN=C(NCCCCCN1CCCCC1)N1CCCC(CC(N)=O)C1. The van der Waals surface area contributed by atoms with Crippen LogP contribution in [0.1, 0.15) is 57.8 Å². The molecule has 144 valence electrons. The first-order valence-electron chi connectivity index (χ1n) is 10.2. The van der Waals surface area contributed by atoms with Gasteiger partial charge in [-0.2, -0.15) is 0 Å². The molecule has 0 aromatic rings. The van der Waals surface area contributed by atoms with Crippen LogP contribution in [0.15, 0.2) is 4.99 Å². The Kier molecular flexibility index (Phi) is 9.08. The fraction of sp³-hybridized carbons (Fsp3) is 0.895. The number of piperidine rings is 2. The van der Waals surface area contributed by atoms with Crippen molar-refractivity contribution < 1.29 is 4.79 Å². The van der Waals surface area contributed by atoms with Crippen molar-refractivity contribution >= 4 is 11.9 Å². The zero-order valence-electron chi connectivity index (χ0n) is 16.0.